The average molecular weight is 288 g/mol. The Hall–Kier alpha value is -1.35. The van der Waals surface area contributed by atoms with Gasteiger partial charge >= 0.3 is 5.97 Å². The van der Waals surface area contributed by atoms with Crippen LogP contribution in [0.5, 0.6) is 0 Å². The summed E-state index contributed by atoms with van der Waals surface area (Å²) >= 11 is 0. The molecule has 1 aliphatic carbocycles. The third-order valence-electron chi connectivity index (χ3n) is 5.03. The van der Waals surface area contributed by atoms with Gasteiger partial charge in [-0.1, -0.05) is 38.1 Å². The zero-order valence-electron chi connectivity index (χ0n) is 12.8. The number of aliphatic carboxylic acids is 1. The summed E-state index contributed by atoms with van der Waals surface area (Å²) in [5.74, 6) is 0.268. The third kappa shape index (κ3) is 2.71. The third-order valence-corrected chi connectivity index (χ3v) is 5.03. The van der Waals surface area contributed by atoms with Crippen molar-refractivity contribution >= 4 is 5.97 Å². The van der Waals surface area contributed by atoms with Gasteiger partial charge in [-0.05, 0) is 48.6 Å². The first-order chi connectivity index (χ1) is 10.0. The summed E-state index contributed by atoms with van der Waals surface area (Å²) in [6, 6.07) is 8.42. The molecule has 2 unspecified atom stereocenters. The maximum atomic E-state index is 12.0. The van der Waals surface area contributed by atoms with E-state index in [4.69, 9.17) is 4.74 Å². The summed E-state index contributed by atoms with van der Waals surface area (Å²) < 4.78 is 5.81. The quantitative estimate of drug-likeness (QED) is 0.900. The number of rotatable bonds is 5. The predicted octanol–water partition coefficient (Wildman–Crippen LogP) is 3.62. The minimum Gasteiger partial charge on any atom is -0.481 e. The van der Waals surface area contributed by atoms with Crippen molar-refractivity contribution in [3.63, 3.8) is 0 Å². The van der Waals surface area contributed by atoms with Gasteiger partial charge < -0.3 is 9.84 Å². The van der Waals surface area contributed by atoms with Gasteiger partial charge in [0.15, 0.2) is 0 Å². The molecule has 1 saturated heterocycles. The largest absolute Gasteiger partial charge is 0.481 e. The Morgan fingerprint density at radius 3 is 2.52 bits per heavy atom. The summed E-state index contributed by atoms with van der Waals surface area (Å²) in [5, 5.41) is 9.83. The molecule has 0 radical (unpaired) electrons. The zero-order chi connectivity index (χ0) is 15.0. The van der Waals surface area contributed by atoms with Crippen molar-refractivity contribution in [3.05, 3.63) is 35.4 Å². The highest BCUT2D eigenvalue weighted by molar-refractivity contribution is 5.76. The number of carbonyl (C=O) groups is 1. The molecule has 3 rings (SSSR count). The SMILES string of the molecule is CC(C)c1ccc(CC2(C(=O)O)CCOC2C2CC2)cc1. The van der Waals surface area contributed by atoms with Crippen LogP contribution >= 0.6 is 0 Å². The van der Waals surface area contributed by atoms with Crippen LogP contribution in [0, 0.1) is 11.3 Å². The number of hydrogen-bond acceptors (Lipinski definition) is 2. The topological polar surface area (TPSA) is 46.5 Å². The first kappa shape index (κ1) is 14.6. The lowest BCUT2D eigenvalue weighted by molar-refractivity contribution is -0.153. The Labute approximate surface area is 126 Å². The Bertz CT molecular complexity index is 516. The number of carboxylic acid groups (broad SMARTS) is 1. The van der Waals surface area contributed by atoms with Crippen molar-refractivity contribution in [1.82, 2.24) is 0 Å². The molecule has 1 N–H and O–H groups in total. The number of hydrogen-bond donors (Lipinski definition) is 1. The fourth-order valence-corrected chi connectivity index (χ4v) is 3.53. The minimum atomic E-state index is -0.722. The van der Waals surface area contributed by atoms with Crippen LogP contribution in [0.3, 0.4) is 0 Å². The normalized spacial score (nSPS) is 29.0. The summed E-state index contributed by atoms with van der Waals surface area (Å²) in [5.41, 5.74) is 1.68. The van der Waals surface area contributed by atoms with Gasteiger partial charge in [0.1, 0.15) is 5.41 Å². The second kappa shape index (κ2) is 5.45. The van der Waals surface area contributed by atoms with Crippen LogP contribution in [-0.2, 0) is 16.0 Å². The molecule has 0 spiro atoms. The van der Waals surface area contributed by atoms with Gasteiger partial charge in [0, 0.05) is 6.61 Å². The molecule has 2 aliphatic rings. The second-order valence-electron chi connectivity index (χ2n) is 6.91. The molecule has 2 fully saturated rings. The van der Waals surface area contributed by atoms with Crippen LogP contribution in [0.4, 0.5) is 0 Å². The van der Waals surface area contributed by atoms with Crippen molar-refractivity contribution in [3.8, 4) is 0 Å². The predicted molar refractivity (Wildman–Crippen MR) is 81.4 cm³/mol. The molecular formula is C18H24O3. The molecule has 1 saturated carbocycles. The van der Waals surface area contributed by atoms with Crippen LogP contribution in [0.25, 0.3) is 0 Å². The van der Waals surface area contributed by atoms with E-state index in [1.165, 1.54) is 5.56 Å². The van der Waals surface area contributed by atoms with Crippen molar-refractivity contribution in [2.24, 2.45) is 11.3 Å². The van der Waals surface area contributed by atoms with E-state index in [1.807, 2.05) is 0 Å². The standard InChI is InChI=1S/C18H24O3/c1-12(2)14-5-3-13(4-6-14)11-18(17(19)20)9-10-21-16(18)15-7-8-15/h3-6,12,15-16H,7-11H2,1-2H3,(H,19,20). The van der Waals surface area contributed by atoms with E-state index in [9.17, 15) is 9.90 Å². The smallest absolute Gasteiger partial charge is 0.312 e. The minimum absolute atomic E-state index is 0.0974. The van der Waals surface area contributed by atoms with Gasteiger partial charge in [-0.25, -0.2) is 0 Å². The molecule has 2 atom stereocenters. The maximum absolute atomic E-state index is 12.0. The molecule has 1 aromatic rings. The van der Waals surface area contributed by atoms with E-state index in [-0.39, 0.29) is 6.10 Å². The molecule has 0 amide bonds. The molecular weight excluding hydrogens is 264 g/mol. The monoisotopic (exact) mass is 288 g/mol. The molecule has 21 heavy (non-hydrogen) atoms. The second-order valence-corrected chi connectivity index (χ2v) is 6.91. The average Bonchev–Trinajstić information content (AvgIpc) is 3.20. The van der Waals surface area contributed by atoms with E-state index < -0.39 is 11.4 Å². The molecule has 1 aromatic carbocycles. The van der Waals surface area contributed by atoms with Crippen molar-refractivity contribution in [2.75, 3.05) is 6.61 Å². The highest BCUT2D eigenvalue weighted by atomic mass is 16.5. The van der Waals surface area contributed by atoms with Crippen LogP contribution in [0.1, 0.15) is 50.2 Å². The van der Waals surface area contributed by atoms with Crippen LogP contribution in [-0.4, -0.2) is 23.8 Å². The number of benzene rings is 1. The molecule has 1 heterocycles. The first-order valence-corrected chi connectivity index (χ1v) is 7.97. The lowest BCUT2D eigenvalue weighted by Gasteiger charge is -2.30. The molecule has 0 bridgehead atoms. The van der Waals surface area contributed by atoms with Gasteiger partial charge in [-0.3, -0.25) is 4.79 Å². The van der Waals surface area contributed by atoms with E-state index >= 15 is 0 Å². The maximum Gasteiger partial charge on any atom is 0.312 e. The van der Waals surface area contributed by atoms with E-state index in [0.29, 0.717) is 31.3 Å². The van der Waals surface area contributed by atoms with E-state index in [1.54, 1.807) is 0 Å². The van der Waals surface area contributed by atoms with Crippen molar-refractivity contribution < 1.29 is 14.6 Å². The summed E-state index contributed by atoms with van der Waals surface area (Å²) in [6.07, 6.45) is 3.36. The highest BCUT2D eigenvalue weighted by Gasteiger charge is 2.55. The molecule has 114 valence electrons. The first-order valence-electron chi connectivity index (χ1n) is 7.97. The Morgan fingerprint density at radius 2 is 2.00 bits per heavy atom. The van der Waals surface area contributed by atoms with E-state index in [2.05, 4.69) is 38.1 Å². The Kier molecular flexibility index (Phi) is 3.78. The summed E-state index contributed by atoms with van der Waals surface area (Å²) in [4.78, 5) is 12.0. The lowest BCUT2D eigenvalue weighted by atomic mass is 9.74. The number of carboxylic acids is 1. The van der Waals surface area contributed by atoms with Crippen molar-refractivity contribution in [1.29, 1.82) is 0 Å². The number of ether oxygens (including phenoxy) is 1. The van der Waals surface area contributed by atoms with Gasteiger partial charge in [-0.15, -0.1) is 0 Å². The Morgan fingerprint density at radius 1 is 1.33 bits per heavy atom. The van der Waals surface area contributed by atoms with Crippen LogP contribution in [0.15, 0.2) is 24.3 Å². The Balaban J connectivity index is 1.83. The zero-order valence-corrected chi connectivity index (χ0v) is 12.8. The van der Waals surface area contributed by atoms with Gasteiger partial charge in [0.25, 0.3) is 0 Å². The van der Waals surface area contributed by atoms with Crippen LogP contribution in [0.2, 0.25) is 0 Å². The van der Waals surface area contributed by atoms with Crippen LogP contribution < -0.4 is 0 Å². The fraction of sp³-hybridized carbons (Fsp3) is 0.611. The fourth-order valence-electron chi connectivity index (χ4n) is 3.53. The molecule has 1 aliphatic heterocycles. The van der Waals surface area contributed by atoms with Crippen molar-refractivity contribution in [2.45, 2.75) is 51.6 Å². The van der Waals surface area contributed by atoms with Gasteiger partial charge in [-0.2, -0.15) is 0 Å². The molecule has 0 aromatic heterocycles. The lowest BCUT2D eigenvalue weighted by Crippen LogP contribution is -2.42. The highest BCUT2D eigenvalue weighted by Crippen LogP contribution is 2.49. The summed E-state index contributed by atoms with van der Waals surface area (Å²) in [7, 11) is 0. The summed E-state index contributed by atoms with van der Waals surface area (Å²) in [6.45, 7) is 4.92. The van der Waals surface area contributed by atoms with Gasteiger partial charge in [0.05, 0.1) is 6.10 Å². The van der Waals surface area contributed by atoms with Gasteiger partial charge in [0.2, 0.25) is 0 Å². The van der Waals surface area contributed by atoms with E-state index in [0.717, 1.165) is 18.4 Å². The molecule has 3 nitrogen and oxygen atoms in total. The molecule has 3 heteroatoms.